The van der Waals surface area contributed by atoms with Gasteiger partial charge in [0.25, 0.3) is 0 Å². The quantitative estimate of drug-likeness (QED) is 0.638. The lowest BCUT2D eigenvalue weighted by Gasteiger charge is -2.16. The van der Waals surface area contributed by atoms with E-state index in [4.69, 9.17) is 5.84 Å². The maximum absolute atomic E-state index is 5.57. The second kappa shape index (κ2) is 5.05. The molecular weight excluding hydrogens is 254 g/mol. The van der Waals surface area contributed by atoms with Gasteiger partial charge in [-0.25, -0.2) is 0 Å². The summed E-state index contributed by atoms with van der Waals surface area (Å²) >= 11 is 3.50. The molecule has 0 amide bonds. The summed E-state index contributed by atoms with van der Waals surface area (Å²) < 4.78 is 1.03. The number of hydrogen-bond donors (Lipinski definition) is 2. The monoisotopic (exact) mass is 269 g/mol. The van der Waals surface area contributed by atoms with Crippen LogP contribution < -0.4 is 11.3 Å². The number of pyridine rings is 1. The second-order valence-electron chi connectivity index (χ2n) is 4.11. The Morgan fingerprint density at radius 3 is 3.00 bits per heavy atom. The lowest BCUT2D eigenvalue weighted by atomic mass is 10.1. The first-order valence-electron chi connectivity index (χ1n) is 5.38. The maximum Gasteiger partial charge on any atom is 0.0728 e. The Bertz CT molecular complexity index is 325. The average Bonchev–Trinajstić information content (AvgIpc) is 3.05. The molecule has 1 heterocycles. The number of halogens is 1. The van der Waals surface area contributed by atoms with E-state index < -0.39 is 0 Å². The fraction of sp³-hybridized carbons (Fsp3) is 0.545. The number of nitrogens with zero attached hydrogens (tertiary/aromatic N) is 1. The van der Waals surface area contributed by atoms with Crippen LogP contribution in [-0.2, 0) is 0 Å². The molecule has 3 nitrogen and oxygen atoms in total. The van der Waals surface area contributed by atoms with E-state index in [9.17, 15) is 0 Å². The first-order valence-corrected chi connectivity index (χ1v) is 6.17. The smallest absolute Gasteiger partial charge is 0.0728 e. The third-order valence-electron chi connectivity index (χ3n) is 2.88. The highest BCUT2D eigenvalue weighted by atomic mass is 79.9. The van der Waals surface area contributed by atoms with Crippen LogP contribution in [0.1, 0.15) is 37.4 Å². The third kappa shape index (κ3) is 3.00. The number of rotatable bonds is 5. The molecule has 82 valence electrons. The fourth-order valence-electron chi connectivity index (χ4n) is 1.76. The van der Waals surface area contributed by atoms with Crippen LogP contribution in [0.25, 0.3) is 0 Å². The van der Waals surface area contributed by atoms with Gasteiger partial charge in [0.2, 0.25) is 0 Å². The maximum atomic E-state index is 5.57. The highest BCUT2D eigenvalue weighted by molar-refractivity contribution is 9.10. The molecule has 0 aliphatic heterocycles. The summed E-state index contributed by atoms with van der Waals surface area (Å²) in [6, 6.07) is 4.09. The van der Waals surface area contributed by atoms with Crippen LogP contribution in [-0.4, -0.2) is 4.98 Å². The Morgan fingerprint density at radius 2 is 2.40 bits per heavy atom. The molecule has 3 N–H and O–H groups in total. The number of nitrogens with two attached hydrogens (primary N) is 1. The Balaban J connectivity index is 2.00. The molecule has 1 atom stereocenters. The minimum atomic E-state index is 0.168. The minimum Gasteiger partial charge on any atom is -0.271 e. The van der Waals surface area contributed by atoms with Crippen molar-refractivity contribution in [3.8, 4) is 0 Å². The molecule has 0 bridgehead atoms. The van der Waals surface area contributed by atoms with Crippen molar-refractivity contribution >= 4 is 15.9 Å². The molecule has 0 radical (unpaired) electrons. The minimum absolute atomic E-state index is 0.168. The van der Waals surface area contributed by atoms with Crippen LogP contribution in [0, 0.1) is 5.92 Å². The summed E-state index contributed by atoms with van der Waals surface area (Å²) in [5.74, 6) is 6.50. The average molecular weight is 270 g/mol. The van der Waals surface area contributed by atoms with Crippen molar-refractivity contribution in [2.45, 2.75) is 31.7 Å². The lowest BCUT2D eigenvalue weighted by Crippen LogP contribution is -2.29. The van der Waals surface area contributed by atoms with Crippen LogP contribution in [0.4, 0.5) is 0 Å². The molecule has 15 heavy (non-hydrogen) atoms. The Kier molecular flexibility index (Phi) is 3.72. The van der Waals surface area contributed by atoms with Gasteiger partial charge in [-0.2, -0.15) is 0 Å². The van der Waals surface area contributed by atoms with Crippen molar-refractivity contribution < 1.29 is 0 Å². The predicted molar refractivity (Wildman–Crippen MR) is 64.0 cm³/mol. The van der Waals surface area contributed by atoms with Gasteiger partial charge in [-0.15, -0.1) is 0 Å². The van der Waals surface area contributed by atoms with Gasteiger partial charge in [0, 0.05) is 10.7 Å². The zero-order valence-corrected chi connectivity index (χ0v) is 10.2. The normalized spacial score (nSPS) is 17.7. The molecule has 1 fully saturated rings. The van der Waals surface area contributed by atoms with Crippen LogP contribution in [0.2, 0.25) is 0 Å². The van der Waals surface area contributed by atoms with Gasteiger partial charge in [-0.1, -0.05) is 12.8 Å². The molecule has 0 saturated heterocycles. The van der Waals surface area contributed by atoms with E-state index in [2.05, 4.69) is 26.3 Å². The van der Waals surface area contributed by atoms with Crippen LogP contribution in [0.15, 0.2) is 22.8 Å². The molecule has 0 aromatic carbocycles. The van der Waals surface area contributed by atoms with E-state index in [0.717, 1.165) is 22.5 Å². The highest BCUT2D eigenvalue weighted by Crippen LogP contribution is 2.36. The summed E-state index contributed by atoms with van der Waals surface area (Å²) in [7, 11) is 0. The molecule has 1 unspecified atom stereocenters. The van der Waals surface area contributed by atoms with Crippen LogP contribution in [0.5, 0.6) is 0 Å². The zero-order valence-electron chi connectivity index (χ0n) is 8.62. The van der Waals surface area contributed by atoms with Gasteiger partial charge in [0.1, 0.15) is 0 Å². The van der Waals surface area contributed by atoms with E-state index in [0.29, 0.717) is 0 Å². The van der Waals surface area contributed by atoms with Gasteiger partial charge in [-0.05, 0) is 46.8 Å². The van der Waals surface area contributed by atoms with Gasteiger partial charge in [0.05, 0.1) is 11.7 Å². The molecule has 0 spiro atoms. The summed E-state index contributed by atoms with van der Waals surface area (Å²) in [5, 5.41) is 0. The van der Waals surface area contributed by atoms with E-state index >= 15 is 0 Å². The van der Waals surface area contributed by atoms with E-state index in [-0.39, 0.29) is 6.04 Å². The second-order valence-corrected chi connectivity index (χ2v) is 4.96. The number of hydrogen-bond acceptors (Lipinski definition) is 3. The third-order valence-corrected chi connectivity index (χ3v) is 3.55. The molecule has 4 heteroatoms. The van der Waals surface area contributed by atoms with Gasteiger partial charge in [-0.3, -0.25) is 16.3 Å². The lowest BCUT2D eigenvalue weighted by molar-refractivity contribution is 0.471. The van der Waals surface area contributed by atoms with E-state index in [1.807, 2.05) is 18.3 Å². The van der Waals surface area contributed by atoms with E-state index in [1.165, 1.54) is 19.3 Å². The first kappa shape index (κ1) is 11.0. The van der Waals surface area contributed by atoms with Gasteiger partial charge >= 0.3 is 0 Å². The van der Waals surface area contributed by atoms with Crippen molar-refractivity contribution in [2.24, 2.45) is 11.8 Å². The Labute approximate surface area is 98.6 Å². The Morgan fingerprint density at radius 1 is 1.60 bits per heavy atom. The Hall–Kier alpha value is -0.450. The van der Waals surface area contributed by atoms with Gasteiger partial charge < -0.3 is 0 Å². The molecule has 2 rings (SSSR count). The van der Waals surface area contributed by atoms with Crippen molar-refractivity contribution in [3.63, 3.8) is 0 Å². The van der Waals surface area contributed by atoms with E-state index in [1.54, 1.807) is 0 Å². The first-order chi connectivity index (χ1) is 7.31. The van der Waals surface area contributed by atoms with Crippen molar-refractivity contribution in [3.05, 3.63) is 28.5 Å². The topological polar surface area (TPSA) is 50.9 Å². The fourth-order valence-corrected chi connectivity index (χ4v) is 2.29. The van der Waals surface area contributed by atoms with Crippen LogP contribution >= 0.6 is 15.9 Å². The van der Waals surface area contributed by atoms with Gasteiger partial charge in [0.15, 0.2) is 0 Å². The van der Waals surface area contributed by atoms with Crippen molar-refractivity contribution in [2.75, 3.05) is 0 Å². The largest absolute Gasteiger partial charge is 0.271 e. The highest BCUT2D eigenvalue weighted by Gasteiger charge is 2.23. The molecular formula is C11H16BrN3. The molecule has 1 aromatic heterocycles. The standard InChI is InChI=1S/C11H16BrN3/c12-9-2-1-7-14-11(9)10(15-13)6-5-8-3-4-8/h1-2,7-8,10,15H,3-6,13H2. The zero-order chi connectivity index (χ0) is 10.7. The summed E-state index contributed by atoms with van der Waals surface area (Å²) in [6.07, 6.45) is 6.90. The molecule has 1 saturated carbocycles. The number of aromatic nitrogens is 1. The van der Waals surface area contributed by atoms with Crippen molar-refractivity contribution in [1.29, 1.82) is 0 Å². The van der Waals surface area contributed by atoms with Crippen molar-refractivity contribution in [1.82, 2.24) is 10.4 Å². The summed E-state index contributed by atoms with van der Waals surface area (Å²) in [6.45, 7) is 0. The number of nitrogens with one attached hydrogen (secondary N) is 1. The predicted octanol–water partition coefficient (Wildman–Crippen LogP) is 2.54. The molecule has 1 aromatic rings. The number of hydrazine groups is 1. The molecule has 1 aliphatic carbocycles. The molecule has 1 aliphatic rings. The summed E-state index contributed by atoms with van der Waals surface area (Å²) in [5.41, 5.74) is 3.86. The SMILES string of the molecule is NNC(CCC1CC1)c1ncccc1Br. The summed E-state index contributed by atoms with van der Waals surface area (Å²) in [4.78, 5) is 4.36. The van der Waals surface area contributed by atoms with Crippen LogP contribution in [0.3, 0.4) is 0 Å².